The van der Waals surface area contributed by atoms with E-state index in [0.717, 1.165) is 6.42 Å². The first-order valence-corrected chi connectivity index (χ1v) is 11.3. The van der Waals surface area contributed by atoms with Gasteiger partial charge in [-0.15, -0.1) is 6.58 Å². The molecule has 0 unspecified atom stereocenters. The molecule has 0 aliphatic heterocycles. The molecule has 0 fully saturated rings. The number of rotatable bonds is 15. The van der Waals surface area contributed by atoms with Crippen LogP contribution >= 0.6 is 21.6 Å². The van der Waals surface area contributed by atoms with Crippen LogP contribution in [0.3, 0.4) is 0 Å². The third-order valence-corrected chi connectivity index (χ3v) is 6.36. The molecule has 0 spiro atoms. The lowest BCUT2D eigenvalue weighted by Gasteiger charge is -2.30. The van der Waals surface area contributed by atoms with Crippen LogP contribution in [-0.4, -0.2) is 30.8 Å². The van der Waals surface area contributed by atoms with Gasteiger partial charge in [-0.25, -0.2) is 0 Å². The smallest absolute Gasteiger partial charge is 0.00407 e. The van der Waals surface area contributed by atoms with Crippen LogP contribution in [0.2, 0.25) is 0 Å². The minimum Gasteiger partial charge on any atom is -0.306 e. The van der Waals surface area contributed by atoms with E-state index in [1.165, 1.54) is 49.4 Å². The third-order valence-electron chi connectivity index (χ3n) is 3.75. The van der Waals surface area contributed by atoms with E-state index in [1.54, 1.807) is 6.08 Å². The average molecular weight is 368 g/mol. The lowest BCUT2D eigenvalue weighted by Crippen LogP contribution is -2.32. The minimum absolute atomic E-state index is 0.406. The summed E-state index contributed by atoms with van der Waals surface area (Å²) < 4.78 is 0. The van der Waals surface area contributed by atoms with Crippen molar-refractivity contribution in [3.63, 3.8) is 0 Å². The Morgan fingerprint density at radius 2 is 1.88 bits per heavy atom. The molecule has 0 aromatic carbocycles. The molecule has 0 aliphatic rings. The predicted octanol–water partition coefficient (Wildman–Crippen LogP) is 7.11. The molecule has 0 radical (unpaired) electrons. The van der Waals surface area contributed by atoms with Gasteiger partial charge in [-0.2, -0.15) is 0 Å². The van der Waals surface area contributed by atoms with Crippen LogP contribution in [0.4, 0.5) is 0 Å². The van der Waals surface area contributed by atoms with Crippen LogP contribution in [-0.2, 0) is 0 Å². The summed E-state index contributed by atoms with van der Waals surface area (Å²) in [5.74, 6) is 1.22. The summed E-state index contributed by atoms with van der Waals surface area (Å²) in [5, 5.41) is 0. The highest BCUT2D eigenvalue weighted by molar-refractivity contribution is 8.78. The Morgan fingerprint density at radius 1 is 1.12 bits per heavy atom. The maximum atomic E-state index is 3.81. The van der Waals surface area contributed by atoms with E-state index >= 15 is 0 Å². The number of hydrogen-bond donors (Lipinski definition) is 0. The van der Waals surface area contributed by atoms with Crippen molar-refractivity contribution in [2.75, 3.05) is 25.9 Å². The van der Waals surface area contributed by atoms with Crippen molar-refractivity contribution in [3.05, 3.63) is 48.4 Å². The Hall–Kier alpha value is -0.380. The summed E-state index contributed by atoms with van der Waals surface area (Å²) in [5.41, 5.74) is 0.406. The Bertz CT molecular complexity index is 397. The molecule has 0 aromatic rings. The molecule has 0 bridgehead atoms. The molecule has 0 rings (SSSR count). The molecular formula is C21H37NS2. The van der Waals surface area contributed by atoms with Gasteiger partial charge in [0.05, 0.1) is 0 Å². The number of allylic oxidation sites excluding steroid dienone is 6. The normalized spacial score (nSPS) is 13.0. The van der Waals surface area contributed by atoms with Crippen LogP contribution in [0.5, 0.6) is 0 Å². The van der Waals surface area contributed by atoms with Crippen molar-refractivity contribution >= 4 is 21.6 Å². The maximum Gasteiger partial charge on any atom is 0.00407 e. The first-order chi connectivity index (χ1) is 11.4. The van der Waals surface area contributed by atoms with E-state index in [4.69, 9.17) is 0 Å². The average Bonchev–Trinajstić information content (AvgIpc) is 2.50. The van der Waals surface area contributed by atoms with E-state index in [9.17, 15) is 0 Å². The molecule has 0 aliphatic carbocycles. The number of unbranched alkanes of at least 4 members (excludes halogenated alkanes) is 2. The molecule has 0 N–H and O–H groups in total. The van der Waals surface area contributed by atoms with Crippen LogP contribution in [0.15, 0.2) is 48.4 Å². The van der Waals surface area contributed by atoms with E-state index in [-0.39, 0.29) is 0 Å². The highest BCUT2D eigenvalue weighted by Gasteiger charge is 2.19. The number of hydrogen-bond acceptors (Lipinski definition) is 3. The van der Waals surface area contributed by atoms with Crippen LogP contribution in [0.25, 0.3) is 0 Å². The zero-order chi connectivity index (χ0) is 18.3. The third kappa shape index (κ3) is 15.2. The highest BCUT2D eigenvalue weighted by Crippen LogP contribution is 2.30. The standard InChI is InChI=1S/C21H37NS2/c1-7-9-11-15-20(3)24-23-18-14-13-17-22(6)19-21(4,5)16-12-10-8-2/h7-9,11,15H,1-2,10,12-14,16-19H2,3-6H3/b11-9-,20-15+. The van der Waals surface area contributed by atoms with Crippen molar-refractivity contribution in [1.29, 1.82) is 0 Å². The van der Waals surface area contributed by atoms with Crippen LogP contribution < -0.4 is 0 Å². The van der Waals surface area contributed by atoms with E-state index < -0.39 is 0 Å². The lowest BCUT2D eigenvalue weighted by molar-refractivity contribution is 0.193. The van der Waals surface area contributed by atoms with E-state index in [0.29, 0.717) is 5.41 Å². The lowest BCUT2D eigenvalue weighted by atomic mass is 9.86. The zero-order valence-corrected chi connectivity index (χ0v) is 17.9. The summed E-state index contributed by atoms with van der Waals surface area (Å²) in [6.07, 6.45) is 16.2. The van der Waals surface area contributed by atoms with Gasteiger partial charge in [-0.05, 0) is 62.9 Å². The molecule has 0 saturated carbocycles. The van der Waals surface area contributed by atoms with Crippen LogP contribution in [0.1, 0.15) is 52.9 Å². The number of nitrogens with zero attached hydrogens (tertiary/aromatic N) is 1. The summed E-state index contributed by atoms with van der Waals surface area (Å²) in [6.45, 7) is 16.8. The molecule has 138 valence electrons. The molecule has 0 heterocycles. The van der Waals surface area contributed by atoms with Gasteiger partial charge in [0, 0.05) is 12.3 Å². The first kappa shape index (κ1) is 23.6. The fourth-order valence-electron chi connectivity index (χ4n) is 2.59. The summed E-state index contributed by atoms with van der Waals surface area (Å²) in [7, 11) is 6.10. The Labute approximate surface area is 159 Å². The first-order valence-electron chi connectivity index (χ1n) is 8.96. The van der Waals surface area contributed by atoms with Gasteiger partial charge in [-0.1, -0.05) is 72.4 Å². The van der Waals surface area contributed by atoms with Gasteiger partial charge in [0.15, 0.2) is 0 Å². The Morgan fingerprint density at radius 3 is 2.54 bits per heavy atom. The Balaban J connectivity index is 3.72. The maximum absolute atomic E-state index is 3.81. The topological polar surface area (TPSA) is 3.24 Å². The second kappa shape index (κ2) is 14.9. The SMILES string of the molecule is C=C/C=C\C=C(/C)SSCCCCN(C)CC(C)(C)CCCC=C. The fraction of sp³-hybridized carbons (Fsp3) is 0.619. The summed E-state index contributed by atoms with van der Waals surface area (Å²) >= 11 is 0. The minimum atomic E-state index is 0.406. The molecule has 0 atom stereocenters. The highest BCUT2D eigenvalue weighted by atomic mass is 33.1. The molecule has 3 heteroatoms. The quantitative estimate of drug-likeness (QED) is 0.131. The van der Waals surface area contributed by atoms with E-state index in [2.05, 4.69) is 52.0 Å². The van der Waals surface area contributed by atoms with Crippen molar-refractivity contribution in [2.24, 2.45) is 5.41 Å². The molecule has 0 aromatic heterocycles. The zero-order valence-electron chi connectivity index (χ0n) is 16.2. The molecule has 1 nitrogen and oxygen atoms in total. The fourth-order valence-corrected chi connectivity index (χ4v) is 4.64. The van der Waals surface area contributed by atoms with Gasteiger partial charge in [0.1, 0.15) is 0 Å². The van der Waals surface area contributed by atoms with Crippen molar-refractivity contribution < 1.29 is 0 Å². The second-order valence-corrected chi connectivity index (χ2v) is 9.75. The van der Waals surface area contributed by atoms with Gasteiger partial charge in [-0.3, -0.25) is 0 Å². The molecular weight excluding hydrogens is 330 g/mol. The summed E-state index contributed by atoms with van der Waals surface area (Å²) in [4.78, 5) is 3.84. The second-order valence-electron chi connectivity index (χ2n) is 7.09. The molecule has 0 saturated heterocycles. The molecule has 0 amide bonds. The van der Waals surface area contributed by atoms with Crippen LogP contribution in [0, 0.1) is 5.41 Å². The Kier molecular flexibility index (Phi) is 14.7. The molecule has 24 heavy (non-hydrogen) atoms. The van der Waals surface area contributed by atoms with Gasteiger partial charge in [0.2, 0.25) is 0 Å². The van der Waals surface area contributed by atoms with Crippen molar-refractivity contribution in [2.45, 2.75) is 52.9 Å². The van der Waals surface area contributed by atoms with Gasteiger partial charge < -0.3 is 4.90 Å². The van der Waals surface area contributed by atoms with Crippen molar-refractivity contribution in [3.8, 4) is 0 Å². The van der Waals surface area contributed by atoms with Gasteiger partial charge in [0.25, 0.3) is 0 Å². The predicted molar refractivity (Wildman–Crippen MR) is 118 cm³/mol. The summed E-state index contributed by atoms with van der Waals surface area (Å²) in [6, 6.07) is 0. The monoisotopic (exact) mass is 367 g/mol. The largest absolute Gasteiger partial charge is 0.306 e. The van der Waals surface area contributed by atoms with E-state index in [1.807, 2.05) is 39.8 Å². The van der Waals surface area contributed by atoms with Gasteiger partial charge >= 0.3 is 0 Å². The van der Waals surface area contributed by atoms with Crippen molar-refractivity contribution in [1.82, 2.24) is 4.90 Å².